The molecule has 0 bridgehead atoms. The van der Waals surface area contributed by atoms with Crippen LogP contribution in [0.2, 0.25) is 0 Å². The van der Waals surface area contributed by atoms with E-state index < -0.39 is 0 Å². The predicted molar refractivity (Wildman–Crippen MR) is 76.5 cm³/mol. The van der Waals surface area contributed by atoms with Gasteiger partial charge in [-0.2, -0.15) is 10.2 Å². The minimum atomic E-state index is 0.602. The van der Waals surface area contributed by atoms with E-state index >= 15 is 0 Å². The number of carbonyl (C=O) groups excluding carboxylic acids is 1. The third-order valence-electron chi connectivity index (χ3n) is 3.36. The molecule has 2 rings (SSSR count). The smallest absolute Gasteiger partial charge is 0.153 e. The van der Waals surface area contributed by atoms with Crippen molar-refractivity contribution in [3.05, 3.63) is 32.8 Å². The molecule has 19 heavy (non-hydrogen) atoms. The van der Waals surface area contributed by atoms with Crippen molar-refractivity contribution < 1.29 is 4.79 Å². The number of carbonyl (C=O) groups is 1. The van der Waals surface area contributed by atoms with E-state index in [4.69, 9.17) is 0 Å². The van der Waals surface area contributed by atoms with Gasteiger partial charge in [0.15, 0.2) is 6.29 Å². The molecule has 102 valence electrons. The van der Waals surface area contributed by atoms with Crippen LogP contribution in [-0.4, -0.2) is 25.8 Å². The number of aryl methyl sites for hydroxylation is 3. The summed E-state index contributed by atoms with van der Waals surface area (Å²) in [6.07, 6.45) is 1.75. The Hall–Kier alpha value is -1.43. The van der Waals surface area contributed by atoms with Gasteiger partial charge < -0.3 is 0 Å². The van der Waals surface area contributed by atoms with Crippen LogP contribution in [0.1, 0.15) is 40.1 Å². The summed E-state index contributed by atoms with van der Waals surface area (Å²) in [6.45, 7) is 6.44. The van der Waals surface area contributed by atoms with Gasteiger partial charge in [0.05, 0.1) is 33.7 Å². The van der Waals surface area contributed by atoms with Gasteiger partial charge in [-0.05, 0) is 36.2 Å². The Morgan fingerprint density at radius 2 is 2.00 bits per heavy atom. The lowest BCUT2D eigenvalue weighted by Gasteiger charge is -2.06. The van der Waals surface area contributed by atoms with Crippen LogP contribution < -0.4 is 0 Å². The highest BCUT2D eigenvalue weighted by atomic mass is 79.9. The van der Waals surface area contributed by atoms with Crippen molar-refractivity contribution in [1.29, 1.82) is 0 Å². The molecule has 2 heterocycles. The van der Waals surface area contributed by atoms with Crippen LogP contribution >= 0.6 is 15.9 Å². The van der Waals surface area contributed by atoms with E-state index in [0.717, 1.165) is 40.0 Å². The summed E-state index contributed by atoms with van der Waals surface area (Å²) in [5.41, 5.74) is 4.42. The molecule has 0 aliphatic rings. The Labute approximate surface area is 120 Å². The number of nitrogens with zero attached hydrogens (tertiary/aromatic N) is 4. The summed E-state index contributed by atoms with van der Waals surface area (Å²) >= 11 is 3.59. The fraction of sp³-hybridized carbons (Fsp3) is 0.462. The normalized spacial score (nSPS) is 11.0. The Morgan fingerprint density at radius 1 is 1.32 bits per heavy atom. The van der Waals surface area contributed by atoms with Gasteiger partial charge in [-0.1, -0.05) is 6.92 Å². The molecule has 0 saturated heterocycles. The molecule has 0 spiro atoms. The molecule has 0 atom stereocenters. The molecule has 0 aliphatic heterocycles. The first-order chi connectivity index (χ1) is 8.99. The lowest BCUT2D eigenvalue weighted by Crippen LogP contribution is -2.09. The minimum Gasteiger partial charge on any atom is -0.298 e. The van der Waals surface area contributed by atoms with Crippen LogP contribution in [0.3, 0.4) is 0 Å². The number of hydrogen-bond acceptors (Lipinski definition) is 3. The number of aromatic nitrogens is 4. The van der Waals surface area contributed by atoms with Gasteiger partial charge in [0.2, 0.25) is 0 Å². The van der Waals surface area contributed by atoms with Crippen LogP contribution in [0, 0.1) is 13.8 Å². The van der Waals surface area contributed by atoms with Crippen molar-refractivity contribution >= 4 is 22.2 Å². The second-order valence-electron chi connectivity index (χ2n) is 4.54. The van der Waals surface area contributed by atoms with E-state index in [9.17, 15) is 4.79 Å². The molecule has 6 heteroatoms. The largest absolute Gasteiger partial charge is 0.298 e. The van der Waals surface area contributed by atoms with E-state index in [1.165, 1.54) is 0 Å². The monoisotopic (exact) mass is 324 g/mol. The highest BCUT2D eigenvalue weighted by molar-refractivity contribution is 9.10. The number of rotatable bonds is 4. The molecule has 0 saturated carbocycles. The highest BCUT2D eigenvalue weighted by Crippen LogP contribution is 2.23. The zero-order chi connectivity index (χ0) is 14.2. The molecule has 5 nitrogen and oxygen atoms in total. The number of halogens is 1. The first-order valence-electron chi connectivity index (χ1n) is 6.19. The quantitative estimate of drug-likeness (QED) is 0.811. The van der Waals surface area contributed by atoms with Gasteiger partial charge in [0, 0.05) is 12.7 Å². The van der Waals surface area contributed by atoms with E-state index in [0.29, 0.717) is 12.1 Å². The van der Waals surface area contributed by atoms with Crippen LogP contribution in [0.15, 0.2) is 4.47 Å². The lowest BCUT2D eigenvalue weighted by atomic mass is 10.2. The van der Waals surface area contributed by atoms with Gasteiger partial charge in [-0.15, -0.1) is 0 Å². The van der Waals surface area contributed by atoms with Gasteiger partial charge in [-0.3, -0.25) is 14.2 Å². The number of hydrogen-bond donors (Lipinski definition) is 0. The molecular weight excluding hydrogens is 308 g/mol. The average Bonchev–Trinajstić information content (AvgIpc) is 2.80. The van der Waals surface area contributed by atoms with Crippen molar-refractivity contribution in [2.24, 2.45) is 7.05 Å². The third kappa shape index (κ3) is 2.36. The van der Waals surface area contributed by atoms with Gasteiger partial charge in [0.25, 0.3) is 0 Å². The van der Waals surface area contributed by atoms with Crippen molar-refractivity contribution in [2.45, 2.75) is 33.7 Å². The highest BCUT2D eigenvalue weighted by Gasteiger charge is 2.16. The van der Waals surface area contributed by atoms with Gasteiger partial charge >= 0.3 is 0 Å². The topological polar surface area (TPSA) is 52.7 Å². The molecule has 2 aromatic rings. The molecular formula is C13H17BrN4O. The molecule has 0 unspecified atom stereocenters. The summed E-state index contributed by atoms with van der Waals surface area (Å²) in [5.74, 6) is 0. The van der Waals surface area contributed by atoms with Crippen LogP contribution in [0.25, 0.3) is 0 Å². The lowest BCUT2D eigenvalue weighted by molar-refractivity contribution is 0.112. The first-order valence-corrected chi connectivity index (χ1v) is 6.98. The van der Waals surface area contributed by atoms with Crippen LogP contribution in [0.4, 0.5) is 0 Å². The summed E-state index contributed by atoms with van der Waals surface area (Å²) in [6, 6.07) is 0. The van der Waals surface area contributed by atoms with Crippen molar-refractivity contribution in [1.82, 2.24) is 19.6 Å². The number of aldehydes is 1. The Bertz CT molecular complexity index is 627. The summed E-state index contributed by atoms with van der Waals surface area (Å²) < 4.78 is 4.73. The SMILES string of the molecule is CCc1nn(C)c(Cn2nc(C)c(C=O)c2C)c1Br. The second kappa shape index (κ2) is 5.28. The van der Waals surface area contributed by atoms with Gasteiger partial charge in [-0.25, -0.2) is 0 Å². The fourth-order valence-corrected chi connectivity index (χ4v) is 2.91. The average molecular weight is 325 g/mol. The van der Waals surface area contributed by atoms with E-state index in [2.05, 4.69) is 33.1 Å². The van der Waals surface area contributed by atoms with Crippen molar-refractivity contribution in [3.8, 4) is 0 Å². The summed E-state index contributed by atoms with van der Waals surface area (Å²) in [5, 5.41) is 8.88. The summed E-state index contributed by atoms with van der Waals surface area (Å²) in [7, 11) is 1.92. The maximum atomic E-state index is 11.0. The molecule has 0 aliphatic carbocycles. The predicted octanol–water partition coefficient (Wildman–Crippen LogP) is 2.42. The van der Waals surface area contributed by atoms with Gasteiger partial charge in [0.1, 0.15) is 0 Å². The Morgan fingerprint density at radius 3 is 2.47 bits per heavy atom. The van der Waals surface area contributed by atoms with Crippen molar-refractivity contribution in [2.75, 3.05) is 0 Å². The molecule has 2 aromatic heterocycles. The van der Waals surface area contributed by atoms with Crippen LogP contribution in [0.5, 0.6) is 0 Å². The first kappa shape index (κ1) is 14.0. The minimum absolute atomic E-state index is 0.602. The molecule has 0 amide bonds. The maximum absolute atomic E-state index is 11.0. The standard InChI is InChI=1S/C13H17BrN4O/c1-5-11-13(14)12(17(4)16-11)6-18-9(3)10(7-19)8(2)15-18/h7H,5-6H2,1-4H3. The van der Waals surface area contributed by atoms with E-state index in [1.807, 2.05) is 30.3 Å². The Balaban J connectivity index is 2.42. The zero-order valence-corrected chi connectivity index (χ0v) is 13.2. The Kier molecular flexibility index (Phi) is 3.89. The molecule has 0 fully saturated rings. The zero-order valence-electron chi connectivity index (χ0n) is 11.6. The molecule has 0 radical (unpaired) electrons. The fourth-order valence-electron chi connectivity index (χ4n) is 2.17. The van der Waals surface area contributed by atoms with E-state index in [1.54, 1.807) is 0 Å². The molecule has 0 aromatic carbocycles. The molecule has 0 N–H and O–H groups in total. The van der Waals surface area contributed by atoms with Crippen molar-refractivity contribution in [3.63, 3.8) is 0 Å². The summed E-state index contributed by atoms with van der Waals surface area (Å²) in [4.78, 5) is 11.0. The van der Waals surface area contributed by atoms with E-state index in [-0.39, 0.29) is 0 Å². The third-order valence-corrected chi connectivity index (χ3v) is 4.27. The van der Waals surface area contributed by atoms with Crippen LogP contribution in [-0.2, 0) is 20.0 Å². The second-order valence-corrected chi connectivity index (χ2v) is 5.34. The maximum Gasteiger partial charge on any atom is 0.153 e.